The van der Waals surface area contributed by atoms with E-state index in [1.54, 1.807) is 18.2 Å². The second kappa shape index (κ2) is 7.81. The van der Waals surface area contributed by atoms with E-state index in [2.05, 4.69) is 5.32 Å². The number of rotatable bonds is 4. The molecule has 2 amide bonds. The van der Waals surface area contributed by atoms with Crippen molar-refractivity contribution in [1.29, 1.82) is 0 Å². The van der Waals surface area contributed by atoms with Crippen LogP contribution in [0, 0.1) is 11.7 Å². The van der Waals surface area contributed by atoms with Crippen LogP contribution in [0.2, 0.25) is 0 Å². The van der Waals surface area contributed by atoms with Crippen LogP contribution < -0.4 is 10.1 Å². The first-order valence-corrected chi connectivity index (χ1v) is 8.20. The average Bonchev–Trinajstić information content (AvgIpc) is 2.62. The summed E-state index contributed by atoms with van der Waals surface area (Å²) in [7, 11) is 0. The monoisotopic (exact) mass is 328 g/mol. The predicted molar refractivity (Wildman–Crippen MR) is 91.7 cm³/mol. The van der Waals surface area contributed by atoms with Gasteiger partial charge in [0.25, 0.3) is 0 Å². The normalized spacial score (nSPS) is 15.1. The Morgan fingerprint density at radius 2 is 1.75 bits per heavy atom. The van der Waals surface area contributed by atoms with Crippen molar-refractivity contribution in [2.24, 2.45) is 5.92 Å². The molecule has 1 aliphatic heterocycles. The van der Waals surface area contributed by atoms with Crippen molar-refractivity contribution < 1.29 is 13.9 Å². The van der Waals surface area contributed by atoms with E-state index in [4.69, 9.17) is 4.74 Å². The third-order valence-electron chi connectivity index (χ3n) is 4.24. The van der Waals surface area contributed by atoms with Crippen LogP contribution in [0.1, 0.15) is 12.8 Å². The van der Waals surface area contributed by atoms with E-state index in [9.17, 15) is 9.18 Å². The highest BCUT2D eigenvalue weighted by molar-refractivity contribution is 5.89. The Morgan fingerprint density at radius 1 is 1.08 bits per heavy atom. The highest BCUT2D eigenvalue weighted by atomic mass is 19.1. The number of carbonyl (C=O) groups is 1. The molecule has 2 aromatic rings. The summed E-state index contributed by atoms with van der Waals surface area (Å²) in [4.78, 5) is 14.0. The van der Waals surface area contributed by atoms with Gasteiger partial charge in [-0.05, 0) is 43.0 Å². The topological polar surface area (TPSA) is 41.6 Å². The molecule has 126 valence electrons. The lowest BCUT2D eigenvalue weighted by atomic mass is 9.98. The van der Waals surface area contributed by atoms with Crippen LogP contribution >= 0.6 is 0 Å². The number of hydrogen-bond donors (Lipinski definition) is 1. The van der Waals surface area contributed by atoms with Gasteiger partial charge in [0.2, 0.25) is 0 Å². The molecule has 0 aromatic heterocycles. The molecule has 1 N–H and O–H groups in total. The molecule has 1 heterocycles. The Labute approximate surface area is 141 Å². The van der Waals surface area contributed by atoms with E-state index >= 15 is 0 Å². The maximum Gasteiger partial charge on any atom is 0.321 e. The Hall–Kier alpha value is -2.56. The second-order valence-corrected chi connectivity index (χ2v) is 5.97. The molecule has 0 aliphatic carbocycles. The number of anilines is 1. The highest BCUT2D eigenvalue weighted by Crippen LogP contribution is 2.21. The van der Waals surface area contributed by atoms with E-state index in [0.717, 1.165) is 18.5 Å². The summed E-state index contributed by atoms with van der Waals surface area (Å²) in [5.74, 6) is 0.296. The minimum atomic E-state index is -0.336. The Kier molecular flexibility index (Phi) is 5.31. The summed E-state index contributed by atoms with van der Waals surface area (Å²) in [5.41, 5.74) is 0.799. The molecule has 0 saturated carbocycles. The third-order valence-corrected chi connectivity index (χ3v) is 4.24. The maximum atomic E-state index is 13.5. The van der Waals surface area contributed by atoms with Gasteiger partial charge >= 0.3 is 6.03 Å². The van der Waals surface area contributed by atoms with E-state index in [1.165, 1.54) is 6.07 Å². The summed E-state index contributed by atoms with van der Waals surface area (Å²) in [5, 5.41) is 2.90. The van der Waals surface area contributed by atoms with Crippen molar-refractivity contribution in [3.05, 3.63) is 60.4 Å². The number of nitrogens with zero attached hydrogens (tertiary/aromatic N) is 1. The van der Waals surface area contributed by atoms with Crippen molar-refractivity contribution in [1.82, 2.24) is 4.90 Å². The van der Waals surface area contributed by atoms with Gasteiger partial charge < -0.3 is 15.0 Å². The van der Waals surface area contributed by atoms with Crippen molar-refractivity contribution in [2.75, 3.05) is 25.0 Å². The smallest absolute Gasteiger partial charge is 0.321 e. The van der Waals surface area contributed by atoms with Crippen molar-refractivity contribution in [2.45, 2.75) is 12.8 Å². The molecule has 3 rings (SSSR count). The van der Waals surface area contributed by atoms with Crippen LogP contribution in [0.5, 0.6) is 5.75 Å². The zero-order valence-electron chi connectivity index (χ0n) is 13.5. The first-order valence-electron chi connectivity index (χ1n) is 8.20. The Balaban J connectivity index is 1.44. The number of carbonyl (C=O) groups excluding carboxylic acids is 1. The quantitative estimate of drug-likeness (QED) is 0.916. The first kappa shape index (κ1) is 16.3. The van der Waals surface area contributed by atoms with Gasteiger partial charge in [0.15, 0.2) is 11.6 Å². The van der Waals surface area contributed by atoms with Crippen molar-refractivity contribution >= 4 is 11.7 Å². The van der Waals surface area contributed by atoms with E-state index < -0.39 is 0 Å². The summed E-state index contributed by atoms with van der Waals surface area (Å²) in [6, 6.07) is 15.8. The van der Waals surface area contributed by atoms with Crippen LogP contribution in [0.15, 0.2) is 54.6 Å². The number of benzene rings is 2. The van der Waals surface area contributed by atoms with Gasteiger partial charge in [0.05, 0.1) is 6.61 Å². The zero-order valence-corrected chi connectivity index (χ0v) is 13.5. The number of likely N-dealkylation sites (tertiary alicyclic amines) is 1. The zero-order chi connectivity index (χ0) is 16.8. The summed E-state index contributed by atoms with van der Waals surface area (Å²) < 4.78 is 19.1. The molecule has 24 heavy (non-hydrogen) atoms. The Bertz CT molecular complexity index is 670. The standard InChI is InChI=1S/C19H21FN2O2/c20-17-8-4-5-9-18(17)24-14-15-10-12-22(13-11-15)19(23)21-16-6-2-1-3-7-16/h1-9,15H,10-14H2,(H,21,23). The van der Waals surface area contributed by atoms with Crippen molar-refractivity contribution in [3.8, 4) is 5.75 Å². The lowest BCUT2D eigenvalue weighted by molar-refractivity contribution is 0.150. The summed E-state index contributed by atoms with van der Waals surface area (Å²) in [6.07, 6.45) is 1.72. The van der Waals surface area contributed by atoms with E-state index in [-0.39, 0.29) is 11.8 Å². The van der Waals surface area contributed by atoms with Crippen LogP contribution in [-0.2, 0) is 0 Å². The minimum Gasteiger partial charge on any atom is -0.490 e. The van der Waals surface area contributed by atoms with Crippen LogP contribution in [0.25, 0.3) is 0 Å². The number of nitrogens with one attached hydrogen (secondary N) is 1. The molecule has 0 bridgehead atoms. The van der Waals surface area contributed by atoms with Gasteiger partial charge in [-0.3, -0.25) is 0 Å². The minimum absolute atomic E-state index is 0.0744. The molecule has 0 atom stereocenters. The number of hydrogen-bond acceptors (Lipinski definition) is 2. The molecule has 1 saturated heterocycles. The van der Waals surface area contributed by atoms with Crippen molar-refractivity contribution in [3.63, 3.8) is 0 Å². The summed E-state index contributed by atoms with van der Waals surface area (Å²) >= 11 is 0. The van der Waals surface area contributed by atoms with Gasteiger partial charge in [-0.1, -0.05) is 30.3 Å². The average molecular weight is 328 g/mol. The fourth-order valence-electron chi connectivity index (χ4n) is 2.80. The van der Waals surface area contributed by atoms with Crippen LogP contribution in [-0.4, -0.2) is 30.6 Å². The molecule has 0 spiro atoms. The molecule has 1 aliphatic rings. The van der Waals surface area contributed by atoms with Crippen LogP contribution in [0.4, 0.5) is 14.9 Å². The SMILES string of the molecule is O=C(Nc1ccccc1)N1CCC(COc2ccccc2F)CC1. The van der Waals surface area contributed by atoms with Gasteiger partial charge in [0, 0.05) is 18.8 Å². The molecule has 4 nitrogen and oxygen atoms in total. The number of halogens is 1. The van der Waals surface area contributed by atoms with Gasteiger partial charge in [-0.2, -0.15) is 0 Å². The second-order valence-electron chi connectivity index (χ2n) is 5.97. The fraction of sp³-hybridized carbons (Fsp3) is 0.316. The predicted octanol–water partition coefficient (Wildman–Crippen LogP) is 4.15. The molecular weight excluding hydrogens is 307 g/mol. The molecule has 2 aromatic carbocycles. The molecule has 0 radical (unpaired) electrons. The molecular formula is C19H21FN2O2. The summed E-state index contributed by atoms with van der Waals surface area (Å²) in [6.45, 7) is 1.85. The first-order chi connectivity index (χ1) is 11.7. The molecule has 1 fully saturated rings. The number of urea groups is 1. The lowest BCUT2D eigenvalue weighted by Gasteiger charge is -2.31. The molecule has 0 unspecified atom stereocenters. The maximum absolute atomic E-state index is 13.5. The number of amides is 2. The largest absolute Gasteiger partial charge is 0.490 e. The van der Waals surface area contributed by atoms with E-state index in [1.807, 2.05) is 35.2 Å². The lowest BCUT2D eigenvalue weighted by Crippen LogP contribution is -2.42. The van der Waals surface area contributed by atoms with Gasteiger partial charge in [0.1, 0.15) is 0 Å². The number of piperidine rings is 1. The van der Waals surface area contributed by atoms with E-state index in [0.29, 0.717) is 31.4 Å². The fourth-order valence-corrected chi connectivity index (χ4v) is 2.80. The number of ether oxygens (including phenoxy) is 1. The molecule has 5 heteroatoms. The third kappa shape index (κ3) is 4.25. The van der Waals surface area contributed by atoms with Gasteiger partial charge in [-0.25, -0.2) is 9.18 Å². The highest BCUT2D eigenvalue weighted by Gasteiger charge is 2.23. The number of para-hydroxylation sites is 2. The van der Waals surface area contributed by atoms with Gasteiger partial charge in [-0.15, -0.1) is 0 Å². The Morgan fingerprint density at radius 3 is 2.46 bits per heavy atom. The van der Waals surface area contributed by atoms with Crippen LogP contribution in [0.3, 0.4) is 0 Å².